The van der Waals surface area contributed by atoms with Crippen molar-refractivity contribution < 1.29 is 4.79 Å². The van der Waals surface area contributed by atoms with Crippen molar-refractivity contribution in [3.05, 3.63) is 11.4 Å². The van der Waals surface area contributed by atoms with Gasteiger partial charge in [0.05, 0.1) is 5.69 Å². The third-order valence-corrected chi connectivity index (χ3v) is 6.66. The summed E-state index contributed by atoms with van der Waals surface area (Å²) in [5.74, 6) is 1.71. The second-order valence-electron chi connectivity index (χ2n) is 8.95. The molecule has 0 aromatic carbocycles. The second kappa shape index (κ2) is 9.28. The van der Waals surface area contributed by atoms with Crippen molar-refractivity contribution in [2.75, 3.05) is 26.2 Å². The Morgan fingerprint density at radius 2 is 1.76 bits per heavy atom. The average Bonchev–Trinajstić information content (AvgIpc) is 3.05. The van der Waals surface area contributed by atoms with Gasteiger partial charge in [-0.1, -0.05) is 32.6 Å². The number of guanidine groups is 1. The van der Waals surface area contributed by atoms with Crippen LogP contribution in [-0.4, -0.2) is 52.7 Å². The number of nitrogens with zero attached hydrogens (tertiary/aromatic N) is 5. The number of aliphatic imine (C=N–C) groups is 1. The van der Waals surface area contributed by atoms with Gasteiger partial charge in [-0.05, 0) is 57.0 Å². The molecule has 2 fully saturated rings. The van der Waals surface area contributed by atoms with Crippen molar-refractivity contribution >= 4 is 17.6 Å². The summed E-state index contributed by atoms with van der Waals surface area (Å²) in [6.07, 6.45) is 10.8. The SMILES string of the molecule is CCCc1c2c(nn1C)C(=O)[N]C(N(CC1CCCCC1)CC1CCNCC1)=N2. The lowest BCUT2D eigenvalue weighted by Crippen LogP contribution is -2.47. The van der Waals surface area contributed by atoms with E-state index in [4.69, 9.17) is 4.99 Å². The van der Waals surface area contributed by atoms with E-state index >= 15 is 0 Å². The summed E-state index contributed by atoms with van der Waals surface area (Å²) in [6, 6.07) is 0. The molecule has 4 rings (SSSR count). The van der Waals surface area contributed by atoms with E-state index in [0.29, 0.717) is 23.5 Å². The quantitative estimate of drug-likeness (QED) is 0.798. The van der Waals surface area contributed by atoms with E-state index in [1.54, 1.807) is 0 Å². The van der Waals surface area contributed by atoms with Gasteiger partial charge in [-0.25, -0.2) is 4.99 Å². The summed E-state index contributed by atoms with van der Waals surface area (Å²) in [6.45, 7) is 6.23. The number of aromatic nitrogens is 2. The molecular weight excluding hydrogens is 364 g/mol. The number of carbonyl (C=O) groups is 1. The molecule has 29 heavy (non-hydrogen) atoms. The molecule has 0 atom stereocenters. The van der Waals surface area contributed by atoms with Crippen molar-refractivity contribution in [1.29, 1.82) is 0 Å². The van der Waals surface area contributed by atoms with E-state index in [0.717, 1.165) is 50.4 Å². The minimum Gasteiger partial charge on any atom is -0.340 e. The molecule has 7 nitrogen and oxygen atoms in total. The van der Waals surface area contributed by atoms with Crippen LogP contribution >= 0.6 is 0 Å². The van der Waals surface area contributed by atoms with Gasteiger partial charge < -0.3 is 10.2 Å². The van der Waals surface area contributed by atoms with Crippen LogP contribution in [0.1, 0.15) is 74.5 Å². The minimum absolute atomic E-state index is 0.234. The number of piperidine rings is 1. The molecule has 1 aliphatic carbocycles. The Kier molecular flexibility index (Phi) is 6.53. The highest BCUT2D eigenvalue weighted by molar-refractivity contribution is 6.11. The van der Waals surface area contributed by atoms with E-state index in [9.17, 15) is 4.79 Å². The molecule has 3 aliphatic rings. The second-order valence-corrected chi connectivity index (χ2v) is 8.95. The summed E-state index contributed by atoms with van der Waals surface area (Å²) in [5, 5.41) is 12.3. The van der Waals surface area contributed by atoms with Crippen LogP contribution in [0.5, 0.6) is 0 Å². The van der Waals surface area contributed by atoms with Gasteiger partial charge in [-0.15, -0.1) is 0 Å². The molecule has 1 aromatic heterocycles. The smallest absolute Gasteiger partial charge is 0.303 e. The fourth-order valence-corrected chi connectivity index (χ4v) is 5.03. The molecule has 1 saturated heterocycles. The van der Waals surface area contributed by atoms with Crippen LogP contribution in [0.3, 0.4) is 0 Å². The Hall–Kier alpha value is -1.89. The number of aryl methyl sites for hydroxylation is 1. The Labute approximate surface area is 174 Å². The standard InChI is InChI=1S/C22H35N6O/c1-3-7-18-19-20(26-27(18)2)21(29)25-22(24-19)28(14-16-8-5-4-6-9-16)15-17-10-12-23-13-11-17/h16-17,23H,3-15H2,1-2H3. The van der Waals surface area contributed by atoms with E-state index in [-0.39, 0.29) is 5.91 Å². The number of hydrogen-bond donors (Lipinski definition) is 1. The molecule has 1 radical (unpaired) electrons. The lowest BCUT2D eigenvalue weighted by atomic mass is 9.88. The Morgan fingerprint density at radius 3 is 2.45 bits per heavy atom. The van der Waals surface area contributed by atoms with Crippen molar-refractivity contribution in [2.24, 2.45) is 23.9 Å². The summed E-state index contributed by atoms with van der Waals surface area (Å²) >= 11 is 0. The van der Waals surface area contributed by atoms with Gasteiger partial charge in [0, 0.05) is 20.1 Å². The monoisotopic (exact) mass is 399 g/mol. The predicted octanol–water partition coefficient (Wildman–Crippen LogP) is 3.00. The van der Waals surface area contributed by atoms with E-state index in [1.165, 1.54) is 44.9 Å². The topological polar surface area (TPSA) is 76.6 Å². The third-order valence-electron chi connectivity index (χ3n) is 6.66. The fraction of sp³-hybridized carbons (Fsp3) is 0.773. The van der Waals surface area contributed by atoms with Gasteiger partial charge in [0.25, 0.3) is 0 Å². The van der Waals surface area contributed by atoms with Crippen LogP contribution in [-0.2, 0) is 13.5 Å². The number of amides is 1. The predicted molar refractivity (Wildman–Crippen MR) is 115 cm³/mol. The Morgan fingerprint density at radius 1 is 1.07 bits per heavy atom. The molecule has 2 aliphatic heterocycles. The van der Waals surface area contributed by atoms with Gasteiger partial charge in [0.1, 0.15) is 5.69 Å². The summed E-state index contributed by atoms with van der Waals surface area (Å²) in [4.78, 5) is 20.0. The Balaban J connectivity index is 1.60. The first-order valence-electron chi connectivity index (χ1n) is 11.5. The molecule has 0 bridgehead atoms. The highest BCUT2D eigenvalue weighted by Crippen LogP contribution is 2.30. The zero-order valence-electron chi connectivity index (χ0n) is 18.0. The average molecular weight is 400 g/mol. The molecule has 1 amide bonds. The fourth-order valence-electron chi connectivity index (χ4n) is 5.03. The lowest BCUT2D eigenvalue weighted by Gasteiger charge is -2.35. The highest BCUT2D eigenvalue weighted by Gasteiger charge is 2.32. The molecule has 0 spiro atoms. The van der Waals surface area contributed by atoms with Gasteiger partial charge in [0.15, 0.2) is 5.69 Å². The molecule has 7 heteroatoms. The van der Waals surface area contributed by atoms with Gasteiger partial charge in [0.2, 0.25) is 5.96 Å². The number of nitrogens with one attached hydrogen (secondary N) is 1. The number of rotatable bonds is 6. The molecular formula is C22H35N6O. The van der Waals surface area contributed by atoms with Gasteiger partial charge >= 0.3 is 5.91 Å². The van der Waals surface area contributed by atoms with Crippen molar-refractivity contribution in [1.82, 2.24) is 25.3 Å². The van der Waals surface area contributed by atoms with Crippen LogP contribution in [0.2, 0.25) is 0 Å². The molecule has 0 unspecified atom stereocenters. The van der Waals surface area contributed by atoms with Crippen molar-refractivity contribution in [3.63, 3.8) is 0 Å². The number of carbonyl (C=O) groups excluding carboxylic acids is 1. The first-order valence-corrected chi connectivity index (χ1v) is 11.5. The third kappa shape index (κ3) is 4.65. The molecule has 159 valence electrons. The number of fused-ring (bicyclic) bond motifs is 1. The summed E-state index contributed by atoms with van der Waals surface area (Å²) < 4.78 is 1.81. The number of hydrogen-bond acceptors (Lipinski definition) is 5. The van der Waals surface area contributed by atoms with E-state index in [1.807, 2.05) is 11.7 Å². The van der Waals surface area contributed by atoms with Gasteiger partial charge in [-0.3, -0.25) is 9.48 Å². The Bertz CT molecular complexity index is 723. The first-order chi connectivity index (χ1) is 14.2. The van der Waals surface area contributed by atoms with Crippen LogP contribution in [0, 0.1) is 11.8 Å². The summed E-state index contributed by atoms with van der Waals surface area (Å²) in [5.41, 5.74) is 2.21. The zero-order valence-corrected chi connectivity index (χ0v) is 18.0. The van der Waals surface area contributed by atoms with Crippen LogP contribution < -0.4 is 10.6 Å². The summed E-state index contributed by atoms with van der Waals surface area (Å²) in [7, 11) is 1.90. The maximum atomic E-state index is 12.8. The molecule has 1 aromatic rings. The van der Waals surface area contributed by atoms with Crippen molar-refractivity contribution in [3.8, 4) is 0 Å². The van der Waals surface area contributed by atoms with Crippen LogP contribution in [0.25, 0.3) is 0 Å². The van der Waals surface area contributed by atoms with E-state index < -0.39 is 0 Å². The van der Waals surface area contributed by atoms with Crippen LogP contribution in [0.15, 0.2) is 4.99 Å². The lowest BCUT2D eigenvalue weighted by molar-refractivity contribution is 0.0958. The van der Waals surface area contributed by atoms with Crippen molar-refractivity contribution in [2.45, 2.75) is 64.7 Å². The first kappa shape index (κ1) is 20.4. The largest absolute Gasteiger partial charge is 0.340 e. The van der Waals surface area contributed by atoms with Crippen LogP contribution in [0.4, 0.5) is 5.69 Å². The normalized spacial score (nSPS) is 20.9. The highest BCUT2D eigenvalue weighted by atomic mass is 16.2. The molecule has 1 saturated carbocycles. The maximum absolute atomic E-state index is 12.8. The maximum Gasteiger partial charge on any atom is 0.303 e. The van der Waals surface area contributed by atoms with E-state index in [2.05, 4.69) is 27.6 Å². The zero-order chi connectivity index (χ0) is 20.2. The molecule has 3 heterocycles. The van der Waals surface area contributed by atoms with Gasteiger partial charge in [-0.2, -0.15) is 10.4 Å². The minimum atomic E-state index is -0.234. The molecule has 1 N–H and O–H groups in total.